The van der Waals surface area contributed by atoms with Crippen molar-refractivity contribution in [1.82, 2.24) is 14.5 Å². The molecule has 0 radical (unpaired) electrons. The first-order chi connectivity index (χ1) is 14.1. The number of nitrogens with zero attached hydrogens (tertiary/aromatic N) is 2. The molecule has 0 amide bonds. The summed E-state index contributed by atoms with van der Waals surface area (Å²) in [5.41, 5.74) is 3.33. The number of hydrogen-bond donors (Lipinski definition) is 1. The Morgan fingerprint density at radius 1 is 1.21 bits per heavy atom. The molecule has 0 saturated carbocycles. The van der Waals surface area contributed by atoms with Crippen LogP contribution in [0.15, 0.2) is 57.8 Å². The van der Waals surface area contributed by atoms with Gasteiger partial charge in [0, 0.05) is 28.9 Å². The quantitative estimate of drug-likeness (QED) is 0.525. The van der Waals surface area contributed by atoms with Crippen molar-refractivity contribution >= 4 is 21.6 Å². The van der Waals surface area contributed by atoms with Gasteiger partial charge < -0.3 is 9.72 Å². The van der Waals surface area contributed by atoms with E-state index in [1.807, 2.05) is 43.5 Å². The van der Waals surface area contributed by atoms with Crippen LogP contribution in [-0.4, -0.2) is 21.1 Å². The zero-order valence-corrected chi connectivity index (χ0v) is 17.1. The van der Waals surface area contributed by atoms with E-state index < -0.39 is 0 Å². The number of rotatable bonds is 6. The number of pyridine rings is 1. The van der Waals surface area contributed by atoms with E-state index in [0.717, 1.165) is 17.5 Å². The first kappa shape index (κ1) is 19.1. The van der Waals surface area contributed by atoms with Crippen molar-refractivity contribution in [2.45, 2.75) is 26.8 Å². The van der Waals surface area contributed by atoms with Crippen LogP contribution in [0.1, 0.15) is 24.6 Å². The highest BCUT2D eigenvalue weighted by Gasteiger charge is 2.14. The second-order valence-corrected chi connectivity index (χ2v) is 7.77. The maximum Gasteiger partial charge on any atom is 0.263 e. The van der Waals surface area contributed by atoms with Crippen LogP contribution in [-0.2, 0) is 6.54 Å². The second-order valence-electron chi connectivity index (χ2n) is 6.91. The molecule has 7 heteroatoms. The molecule has 3 aromatic heterocycles. The second kappa shape index (κ2) is 8.05. The fraction of sp³-hybridized carbons (Fsp3) is 0.227. The molecule has 4 aromatic rings. The normalized spacial score (nSPS) is 11.1. The molecule has 4 rings (SSSR count). The average Bonchev–Trinajstić information content (AvgIpc) is 3.15. The van der Waals surface area contributed by atoms with Gasteiger partial charge in [0.1, 0.15) is 4.83 Å². The molecular weight excluding hydrogens is 386 g/mol. The highest BCUT2D eigenvalue weighted by molar-refractivity contribution is 7.17. The monoisotopic (exact) mass is 407 g/mol. The Hall–Kier alpha value is -3.19. The summed E-state index contributed by atoms with van der Waals surface area (Å²) >= 11 is 1.46. The Kier molecular flexibility index (Phi) is 5.31. The highest BCUT2D eigenvalue weighted by Crippen LogP contribution is 2.30. The highest BCUT2D eigenvalue weighted by atomic mass is 32.1. The van der Waals surface area contributed by atoms with E-state index in [2.05, 4.69) is 9.97 Å². The molecule has 6 nitrogen and oxygen atoms in total. The summed E-state index contributed by atoms with van der Waals surface area (Å²) < 4.78 is 6.93. The van der Waals surface area contributed by atoms with Crippen LogP contribution in [0.3, 0.4) is 0 Å². The third-order valence-electron chi connectivity index (χ3n) is 4.66. The van der Waals surface area contributed by atoms with Gasteiger partial charge >= 0.3 is 0 Å². The van der Waals surface area contributed by atoms with Gasteiger partial charge in [0.15, 0.2) is 5.75 Å². The molecule has 3 heterocycles. The Bertz CT molecular complexity index is 1270. The van der Waals surface area contributed by atoms with E-state index in [4.69, 9.17) is 4.74 Å². The van der Waals surface area contributed by atoms with Crippen molar-refractivity contribution < 1.29 is 4.74 Å². The topological polar surface area (TPSA) is 77.0 Å². The number of aromatic nitrogens is 3. The van der Waals surface area contributed by atoms with Crippen LogP contribution in [0, 0.1) is 6.92 Å². The largest absolute Gasteiger partial charge is 0.488 e. The molecule has 0 spiro atoms. The van der Waals surface area contributed by atoms with Crippen molar-refractivity contribution in [3.8, 4) is 16.9 Å². The predicted octanol–water partition coefficient (Wildman–Crippen LogP) is 3.96. The van der Waals surface area contributed by atoms with Gasteiger partial charge in [0.05, 0.1) is 24.9 Å². The van der Waals surface area contributed by atoms with E-state index in [9.17, 15) is 9.59 Å². The molecule has 0 unspecified atom stereocenters. The van der Waals surface area contributed by atoms with E-state index in [1.165, 1.54) is 33.9 Å². The lowest BCUT2D eigenvalue weighted by Gasteiger charge is -2.08. The van der Waals surface area contributed by atoms with Gasteiger partial charge in [-0.05, 0) is 18.9 Å². The van der Waals surface area contributed by atoms with Crippen LogP contribution in [0.5, 0.6) is 5.75 Å². The molecule has 0 saturated heterocycles. The number of aromatic amines is 1. The van der Waals surface area contributed by atoms with Crippen molar-refractivity contribution in [3.63, 3.8) is 0 Å². The van der Waals surface area contributed by atoms with Gasteiger partial charge in [-0.15, -0.1) is 11.3 Å². The van der Waals surface area contributed by atoms with Crippen molar-refractivity contribution in [3.05, 3.63) is 80.1 Å². The molecular formula is C22H21N3O3S. The first-order valence-electron chi connectivity index (χ1n) is 9.45. The Balaban J connectivity index is 1.70. The Morgan fingerprint density at radius 3 is 2.72 bits per heavy atom. The number of thiophene rings is 1. The van der Waals surface area contributed by atoms with E-state index in [-0.39, 0.29) is 23.3 Å². The van der Waals surface area contributed by atoms with Crippen molar-refractivity contribution in [2.75, 3.05) is 6.61 Å². The van der Waals surface area contributed by atoms with E-state index in [1.54, 1.807) is 6.20 Å². The summed E-state index contributed by atoms with van der Waals surface area (Å²) in [6.07, 6.45) is 3.90. The summed E-state index contributed by atoms with van der Waals surface area (Å²) in [6, 6.07) is 9.55. The summed E-state index contributed by atoms with van der Waals surface area (Å²) in [6.45, 7) is 4.73. The Morgan fingerprint density at radius 2 is 2.00 bits per heavy atom. The summed E-state index contributed by atoms with van der Waals surface area (Å²) in [5, 5.41) is 2.57. The molecule has 1 N–H and O–H groups in total. The molecule has 0 aliphatic rings. The zero-order valence-electron chi connectivity index (χ0n) is 16.3. The molecule has 0 aliphatic heterocycles. The summed E-state index contributed by atoms with van der Waals surface area (Å²) in [5.74, 6) is 0.288. The minimum absolute atomic E-state index is 0.126. The van der Waals surface area contributed by atoms with E-state index >= 15 is 0 Å². The van der Waals surface area contributed by atoms with Crippen molar-refractivity contribution in [2.24, 2.45) is 0 Å². The maximum absolute atomic E-state index is 13.2. The van der Waals surface area contributed by atoms with Gasteiger partial charge in [-0.1, -0.05) is 36.8 Å². The van der Waals surface area contributed by atoms with Crippen LogP contribution >= 0.6 is 11.3 Å². The van der Waals surface area contributed by atoms with Gasteiger partial charge in [0.25, 0.3) is 5.56 Å². The van der Waals surface area contributed by atoms with Crippen LogP contribution in [0.4, 0.5) is 0 Å². The van der Waals surface area contributed by atoms with Gasteiger partial charge in [0.2, 0.25) is 5.43 Å². The number of H-pyrrole nitrogens is 1. The number of hydrogen-bond acceptors (Lipinski definition) is 5. The van der Waals surface area contributed by atoms with Gasteiger partial charge in [-0.2, -0.15) is 0 Å². The number of ether oxygens (including phenoxy) is 1. The lowest BCUT2D eigenvalue weighted by molar-refractivity contribution is 0.313. The standard InChI is InChI=1S/C22H21N3O3S/c1-3-8-28-19-10-23-16(9-18(19)26)11-25-13-24-21-20(22(25)27)17(12-29-21)15-6-4-14(2)5-7-15/h4-7,9-10,12-13H,3,8,11H2,1-2H3,(H,23,26). The third-order valence-corrected chi connectivity index (χ3v) is 5.55. The summed E-state index contributed by atoms with van der Waals surface area (Å²) in [7, 11) is 0. The molecule has 0 fully saturated rings. The van der Waals surface area contributed by atoms with Gasteiger partial charge in [-0.3, -0.25) is 14.2 Å². The average molecular weight is 407 g/mol. The minimum Gasteiger partial charge on any atom is -0.488 e. The number of aryl methyl sites for hydroxylation is 1. The lowest BCUT2D eigenvalue weighted by Crippen LogP contribution is -2.22. The predicted molar refractivity (Wildman–Crippen MR) is 116 cm³/mol. The maximum atomic E-state index is 13.2. The van der Waals surface area contributed by atoms with Gasteiger partial charge in [-0.25, -0.2) is 4.98 Å². The fourth-order valence-corrected chi connectivity index (χ4v) is 4.03. The summed E-state index contributed by atoms with van der Waals surface area (Å²) in [4.78, 5) is 33.6. The van der Waals surface area contributed by atoms with Crippen LogP contribution in [0.25, 0.3) is 21.3 Å². The molecule has 148 valence electrons. The molecule has 1 aromatic carbocycles. The zero-order chi connectivity index (χ0) is 20.4. The molecule has 29 heavy (non-hydrogen) atoms. The third kappa shape index (κ3) is 3.86. The number of benzene rings is 1. The number of fused-ring (bicyclic) bond motifs is 1. The van der Waals surface area contributed by atoms with Crippen LogP contribution in [0.2, 0.25) is 0 Å². The molecule has 0 bridgehead atoms. The minimum atomic E-state index is -0.204. The smallest absolute Gasteiger partial charge is 0.263 e. The Labute approximate surface area is 171 Å². The lowest BCUT2D eigenvalue weighted by atomic mass is 10.1. The SMILES string of the molecule is CCCOc1c[nH]c(Cn2cnc3scc(-c4ccc(C)cc4)c3c2=O)cc1=O. The van der Waals surface area contributed by atoms with Crippen LogP contribution < -0.4 is 15.7 Å². The molecule has 0 atom stereocenters. The number of nitrogens with one attached hydrogen (secondary N) is 1. The molecule has 0 aliphatic carbocycles. The van der Waals surface area contributed by atoms with Crippen molar-refractivity contribution in [1.29, 1.82) is 0 Å². The van der Waals surface area contributed by atoms with E-state index in [0.29, 0.717) is 22.5 Å². The first-order valence-corrected chi connectivity index (χ1v) is 10.3. The fourth-order valence-electron chi connectivity index (χ4n) is 3.13.